The topological polar surface area (TPSA) is 82.1 Å². The highest BCUT2D eigenvalue weighted by Gasteiger charge is 2.64. The van der Waals surface area contributed by atoms with E-state index in [0.29, 0.717) is 29.0 Å². The molecule has 0 radical (unpaired) electrons. The molecule has 0 bridgehead atoms. The van der Waals surface area contributed by atoms with E-state index in [2.05, 4.69) is 0 Å². The lowest BCUT2D eigenvalue weighted by Crippen LogP contribution is -2.51. The van der Waals surface area contributed by atoms with Crippen LogP contribution in [0.4, 0.5) is 0 Å². The molecule has 2 aliphatic heterocycles. The first-order chi connectivity index (χ1) is 10.6. The summed E-state index contributed by atoms with van der Waals surface area (Å²) in [6.45, 7) is 0. The highest BCUT2D eigenvalue weighted by Crippen LogP contribution is 2.59. The van der Waals surface area contributed by atoms with Gasteiger partial charge in [0.2, 0.25) is 0 Å². The molecular formula is C16H16O6. The van der Waals surface area contributed by atoms with Crippen LogP contribution in [-0.4, -0.2) is 42.8 Å². The summed E-state index contributed by atoms with van der Waals surface area (Å²) in [5.41, 5.74) is 0.546. The first-order valence-electron chi connectivity index (χ1n) is 7.28. The highest BCUT2D eigenvalue weighted by atomic mass is 16.6. The molecule has 0 amide bonds. The summed E-state index contributed by atoms with van der Waals surface area (Å²) in [7, 11) is 1.53. The number of rotatable bonds is 2. The molecule has 1 aromatic rings. The van der Waals surface area contributed by atoms with Crippen molar-refractivity contribution in [2.45, 2.75) is 43.2 Å². The first-order valence-corrected chi connectivity index (χ1v) is 7.28. The van der Waals surface area contributed by atoms with E-state index in [0.717, 1.165) is 6.29 Å². The molecule has 1 aromatic carbocycles. The second kappa shape index (κ2) is 4.54. The maximum atomic E-state index is 12.0. The van der Waals surface area contributed by atoms with Crippen LogP contribution >= 0.6 is 0 Å². The standard InChI is InChI=1S/C16H16O6/c1-20-10-3-2-8(7-17)14-15(10)22-12-5-9(18)4-11-16(12,14)6-13(19)21-11/h2-3,7,11-13,19H,4-6H2,1H3. The average Bonchev–Trinajstić information content (AvgIpc) is 2.99. The zero-order valence-corrected chi connectivity index (χ0v) is 12.1. The Hall–Kier alpha value is -1.92. The summed E-state index contributed by atoms with van der Waals surface area (Å²) < 4.78 is 16.9. The molecule has 3 aliphatic rings. The van der Waals surface area contributed by atoms with Crippen molar-refractivity contribution in [3.05, 3.63) is 23.3 Å². The Labute approximate surface area is 127 Å². The third-order valence-corrected chi connectivity index (χ3v) is 5.04. The summed E-state index contributed by atoms with van der Waals surface area (Å²) in [5, 5.41) is 10.00. The average molecular weight is 304 g/mol. The molecule has 4 unspecified atom stereocenters. The van der Waals surface area contributed by atoms with Crippen LogP contribution in [0.15, 0.2) is 12.1 Å². The maximum Gasteiger partial charge on any atom is 0.166 e. The van der Waals surface area contributed by atoms with Crippen molar-refractivity contribution in [2.24, 2.45) is 0 Å². The van der Waals surface area contributed by atoms with Gasteiger partial charge in [-0.1, -0.05) is 0 Å². The van der Waals surface area contributed by atoms with E-state index in [9.17, 15) is 14.7 Å². The van der Waals surface area contributed by atoms with Crippen LogP contribution in [0.3, 0.4) is 0 Å². The fourth-order valence-electron chi connectivity index (χ4n) is 4.18. The van der Waals surface area contributed by atoms with E-state index >= 15 is 0 Å². The Morgan fingerprint density at radius 1 is 1.36 bits per heavy atom. The lowest BCUT2D eigenvalue weighted by atomic mass is 9.64. The van der Waals surface area contributed by atoms with Crippen LogP contribution in [0, 0.1) is 0 Å². The monoisotopic (exact) mass is 304 g/mol. The SMILES string of the molecule is COc1ccc(C=O)c2c1OC1CC(=O)CC3OC(O)CC213. The Morgan fingerprint density at radius 2 is 2.14 bits per heavy atom. The smallest absolute Gasteiger partial charge is 0.166 e. The molecule has 116 valence electrons. The molecule has 1 N–H and O–H groups in total. The van der Waals surface area contributed by atoms with Gasteiger partial charge < -0.3 is 19.3 Å². The predicted octanol–water partition coefficient (Wildman–Crippen LogP) is 0.977. The molecular weight excluding hydrogens is 288 g/mol. The van der Waals surface area contributed by atoms with Crippen molar-refractivity contribution in [1.29, 1.82) is 0 Å². The van der Waals surface area contributed by atoms with Gasteiger partial charge in [0, 0.05) is 30.4 Å². The van der Waals surface area contributed by atoms with Gasteiger partial charge >= 0.3 is 0 Å². The minimum Gasteiger partial charge on any atom is -0.493 e. The van der Waals surface area contributed by atoms with Crippen molar-refractivity contribution >= 4 is 12.1 Å². The fourth-order valence-corrected chi connectivity index (χ4v) is 4.18. The summed E-state index contributed by atoms with van der Waals surface area (Å²) in [5.74, 6) is 1.06. The van der Waals surface area contributed by atoms with Gasteiger partial charge in [-0.25, -0.2) is 0 Å². The van der Waals surface area contributed by atoms with Gasteiger partial charge in [-0.2, -0.15) is 0 Å². The number of aliphatic hydroxyl groups excluding tert-OH is 1. The second-order valence-corrected chi connectivity index (χ2v) is 6.06. The van der Waals surface area contributed by atoms with E-state index in [1.807, 2.05) is 0 Å². The Bertz CT molecular complexity index is 669. The third kappa shape index (κ3) is 1.56. The minimum absolute atomic E-state index is 0.0409. The van der Waals surface area contributed by atoms with E-state index in [1.54, 1.807) is 12.1 Å². The Kier molecular flexibility index (Phi) is 2.83. The fraction of sp³-hybridized carbons (Fsp3) is 0.500. The number of aliphatic hydroxyl groups is 1. The van der Waals surface area contributed by atoms with Gasteiger partial charge in [-0.05, 0) is 12.1 Å². The van der Waals surface area contributed by atoms with Crippen molar-refractivity contribution < 1.29 is 28.9 Å². The van der Waals surface area contributed by atoms with Crippen LogP contribution in [0.5, 0.6) is 11.5 Å². The minimum atomic E-state index is -0.960. The Morgan fingerprint density at radius 3 is 2.86 bits per heavy atom. The zero-order valence-electron chi connectivity index (χ0n) is 12.1. The van der Waals surface area contributed by atoms with E-state index in [-0.39, 0.29) is 18.6 Å². The summed E-state index contributed by atoms with van der Waals surface area (Å²) in [6.07, 6.45) is -0.289. The molecule has 1 spiro atoms. The van der Waals surface area contributed by atoms with E-state index in [1.165, 1.54) is 7.11 Å². The van der Waals surface area contributed by atoms with Gasteiger partial charge in [-0.15, -0.1) is 0 Å². The van der Waals surface area contributed by atoms with Crippen molar-refractivity contribution in [3.8, 4) is 11.5 Å². The molecule has 1 saturated carbocycles. The number of hydrogen-bond donors (Lipinski definition) is 1. The highest BCUT2D eigenvalue weighted by molar-refractivity contribution is 5.86. The maximum absolute atomic E-state index is 12.0. The summed E-state index contributed by atoms with van der Waals surface area (Å²) >= 11 is 0. The molecule has 22 heavy (non-hydrogen) atoms. The molecule has 4 atom stereocenters. The number of methoxy groups -OCH3 is 1. The zero-order chi connectivity index (χ0) is 15.5. The number of ketones is 1. The number of carbonyl (C=O) groups excluding carboxylic acids is 2. The van der Waals surface area contributed by atoms with E-state index < -0.39 is 23.9 Å². The lowest BCUT2D eigenvalue weighted by molar-refractivity contribution is -0.135. The van der Waals surface area contributed by atoms with Gasteiger partial charge in [0.15, 0.2) is 17.8 Å². The number of benzene rings is 1. The van der Waals surface area contributed by atoms with Crippen LogP contribution in [-0.2, 0) is 14.9 Å². The number of aldehydes is 1. The van der Waals surface area contributed by atoms with Gasteiger partial charge in [-0.3, -0.25) is 9.59 Å². The van der Waals surface area contributed by atoms with Crippen LogP contribution in [0.2, 0.25) is 0 Å². The molecule has 1 aliphatic carbocycles. The molecule has 1 saturated heterocycles. The number of Topliss-reactive ketones (excluding diaryl/α,β-unsaturated/α-hetero) is 1. The predicted molar refractivity (Wildman–Crippen MR) is 74.2 cm³/mol. The molecule has 2 fully saturated rings. The number of ether oxygens (including phenoxy) is 3. The van der Waals surface area contributed by atoms with Crippen molar-refractivity contribution in [1.82, 2.24) is 0 Å². The summed E-state index contributed by atoms with van der Waals surface area (Å²) in [4.78, 5) is 23.5. The normalized spacial score (nSPS) is 35.4. The Balaban J connectivity index is 1.97. The van der Waals surface area contributed by atoms with Gasteiger partial charge in [0.25, 0.3) is 0 Å². The number of hydrogen-bond acceptors (Lipinski definition) is 6. The largest absolute Gasteiger partial charge is 0.493 e. The quantitative estimate of drug-likeness (QED) is 0.820. The summed E-state index contributed by atoms with van der Waals surface area (Å²) in [6, 6.07) is 3.36. The van der Waals surface area contributed by atoms with Crippen LogP contribution < -0.4 is 9.47 Å². The van der Waals surface area contributed by atoms with Crippen molar-refractivity contribution in [2.75, 3.05) is 7.11 Å². The van der Waals surface area contributed by atoms with E-state index in [4.69, 9.17) is 14.2 Å². The van der Waals surface area contributed by atoms with Crippen LogP contribution in [0.1, 0.15) is 35.2 Å². The van der Waals surface area contributed by atoms with Gasteiger partial charge in [0.1, 0.15) is 18.2 Å². The van der Waals surface area contributed by atoms with Gasteiger partial charge in [0.05, 0.1) is 18.6 Å². The first kappa shape index (κ1) is 13.7. The van der Waals surface area contributed by atoms with Crippen molar-refractivity contribution in [3.63, 3.8) is 0 Å². The van der Waals surface area contributed by atoms with Crippen LogP contribution in [0.25, 0.3) is 0 Å². The number of carbonyl (C=O) groups is 2. The lowest BCUT2D eigenvalue weighted by Gasteiger charge is -2.38. The molecule has 2 heterocycles. The second-order valence-electron chi connectivity index (χ2n) is 6.06. The molecule has 6 nitrogen and oxygen atoms in total. The molecule has 0 aromatic heterocycles. The number of fused-ring (bicyclic) bond motifs is 1. The third-order valence-electron chi connectivity index (χ3n) is 5.04. The molecule has 4 rings (SSSR count). The molecule has 6 heteroatoms.